The molecule has 0 atom stereocenters. The van der Waals surface area contributed by atoms with Crippen molar-refractivity contribution in [1.29, 1.82) is 0 Å². The summed E-state index contributed by atoms with van der Waals surface area (Å²) in [6.07, 6.45) is 0.824. The lowest BCUT2D eigenvalue weighted by Gasteiger charge is -2.13. The highest BCUT2D eigenvalue weighted by Crippen LogP contribution is 2.27. The van der Waals surface area contributed by atoms with Gasteiger partial charge in [-0.25, -0.2) is 14.6 Å². The summed E-state index contributed by atoms with van der Waals surface area (Å²) in [6.45, 7) is 2.16. The molecule has 2 N–H and O–H groups in total. The van der Waals surface area contributed by atoms with Crippen LogP contribution in [0.25, 0.3) is 11.0 Å². The molecule has 0 saturated carbocycles. The quantitative estimate of drug-likeness (QED) is 0.352. The Balaban J connectivity index is 1.71. The number of nitrogens with one attached hydrogen (secondary N) is 2. The van der Waals surface area contributed by atoms with Gasteiger partial charge in [-0.3, -0.25) is 10.00 Å². The molecular formula is C21H22N8O6. The fraction of sp³-hybridized carbons (Fsp3) is 0.286. The molecule has 0 fully saturated rings. The van der Waals surface area contributed by atoms with E-state index in [4.69, 9.17) is 14.0 Å². The maximum atomic E-state index is 11.9. The molecule has 4 rings (SSSR count). The van der Waals surface area contributed by atoms with Crippen LogP contribution in [0.2, 0.25) is 0 Å². The van der Waals surface area contributed by atoms with Crippen molar-refractivity contribution in [2.75, 3.05) is 32.0 Å². The van der Waals surface area contributed by atoms with Gasteiger partial charge in [0.05, 0.1) is 46.2 Å². The fourth-order valence-corrected chi connectivity index (χ4v) is 3.30. The second-order valence-electron chi connectivity index (χ2n) is 7.15. The predicted molar refractivity (Wildman–Crippen MR) is 121 cm³/mol. The van der Waals surface area contributed by atoms with E-state index in [2.05, 4.69) is 40.6 Å². The zero-order valence-electron chi connectivity index (χ0n) is 19.4. The molecular weight excluding hydrogens is 460 g/mol. The number of anilines is 2. The molecule has 1 aromatic carbocycles. The number of amides is 1. The maximum absolute atomic E-state index is 11.9. The summed E-state index contributed by atoms with van der Waals surface area (Å²) >= 11 is 0. The van der Waals surface area contributed by atoms with E-state index >= 15 is 0 Å². The largest absolute Gasteiger partial charge is 0.496 e. The van der Waals surface area contributed by atoms with Crippen LogP contribution in [0.5, 0.6) is 5.75 Å². The highest BCUT2D eigenvalue weighted by atomic mass is 16.5. The lowest BCUT2D eigenvalue weighted by Crippen LogP contribution is -2.15. The Morgan fingerprint density at radius 3 is 2.63 bits per heavy atom. The van der Waals surface area contributed by atoms with Crippen molar-refractivity contribution in [3.05, 3.63) is 47.2 Å². The van der Waals surface area contributed by atoms with Gasteiger partial charge in [0.1, 0.15) is 16.8 Å². The van der Waals surface area contributed by atoms with E-state index in [9.17, 15) is 9.59 Å². The normalized spacial score (nSPS) is 10.7. The number of hydrogen-bond donors (Lipinski definition) is 2. The van der Waals surface area contributed by atoms with Crippen molar-refractivity contribution in [3.63, 3.8) is 0 Å². The number of aromatic nitrogens is 6. The molecule has 0 bridgehead atoms. The number of nitrogens with zero attached hydrogens (tertiary/aromatic N) is 6. The Kier molecular flexibility index (Phi) is 6.71. The van der Waals surface area contributed by atoms with Gasteiger partial charge in [0.25, 0.3) is 0 Å². The molecule has 14 nitrogen and oxygen atoms in total. The third-order valence-corrected chi connectivity index (χ3v) is 4.90. The first-order valence-corrected chi connectivity index (χ1v) is 10.3. The second-order valence-corrected chi connectivity index (χ2v) is 7.15. The molecule has 3 heterocycles. The van der Waals surface area contributed by atoms with Crippen LogP contribution in [0.3, 0.4) is 0 Å². The molecule has 0 aliphatic heterocycles. The van der Waals surface area contributed by atoms with Gasteiger partial charge in [-0.1, -0.05) is 11.2 Å². The van der Waals surface area contributed by atoms with Crippen LogP contribution >= 0.6 is 0 Å². The van der Waals surface area contributed by atoms with Crippen LogP contribution in [0.15, 0.2) is 28.9 Å². The Morgan fingerprint density at radius 1 is 1.11 bits per heavy atom. The minimum Gasteiger partial charge on any atom is -0.496 e. The molecule has 0 unspecified atom stereocenters. The van der Waals surface area contributed by atoms with Gasteiger partial charge >= 0.3 is 12.1 Å². The number of rotatable bonds is 8. The Hall–Kier alpha value is -4.75. The van der Waals surface area contributed by atoms with E-state index in [1.807, 2.05) is 0 Å². The number of benzene rings is 1. The van der Waals surface area contributed by atoms with E-state index in [1.165, 1.54) is 21.3 Å². The summed E-state index contributed by atoms with van der Waals surface area (Å²) in [6, 6.07) is 4.99. The summed E-state index contributed by atoms with van der Waals surface area (Å²) in [7, 11) is 4.06. The first kappa shape index (κ1) is 23.4. The summed E-state index contributed by atoms with van der Waals surface area (Å²) in [5.41, 5.74) is 2.13. The van der Waals surface area contributed by atoms with Crippen LogP contribution < -0.4 is 15.4 Å². The maximum Gasteiger partial charge on any atom is 0.413 e. The highest BCUT2D eigenvalue weighted by molar-refractivity contribution is 5.90. The Morgan fingerprint density at radius 2 is 1.94 bits per heavy atom. The lowest BCUT2D eigenvalue weighted by atomic mass is 10.1. The van der Waals surface area contributed by atoms with Gasteiger partial charge < -0.3 is 24.1 Å². The first-order valence-electron chi connectivity index (χ1n) is 10.3. The zero-order valence-corrected chi connectivity index (χ0v) is 19.4. The van der Waals surface area contributed by atoms with Crippen LogP contribution in [0, 0.1) is 6.92 Å². The number of esters is 1. The lowest BCUT2D eigenvalue weighted by molar-refractivity contribution is 0.0600. The molecule has 0 aliphatic rings. The zero-order chi connectivity index (χ0) is 24.9. The van der Waals surface area contributed by atoms with Crippen molar-refractivity contribution < 1.29 is 28.3 Å². The monoisotopic (exact) mass is 482 g/mol. The topological polar surface area (TPSA) is 168 Å². The van der Waals surface area contributed by atoms with E-state index in [0.29, 0.717) is 39.9 Å². The molecule has 0 aliphatic carbocycles. The average molecular weight is 482 g/mol. The average Bonchev–Trinajstić information content (AvgIpc) is 3.47. The van der Waals surface area contributed by atoms with Crippen molar-refractivity contribution in [3.8, 4) is 5.75 Å². The van der Waals surface area contributed by atoms with Gasteiger partial charge in [-0.2, -0.15) is 15.1 Å². The smallest absolute Gasteiger partial charge is 0.413 e. The second kappa shape index (κ2) is 10.0. The Labute approximate surface area is 198 Å². The van der Waals surface area contributed by atoms with E-state index in [0.717, 1.165) is 5.56 Å². The number of aryl methyl sites for hydroxylation is 1. The van der Waals surface area contributed by atoms with Gasteiger partial charge in [0.2, 0.25) is 11.8 Å². The molecule has 35 heavy (non-hydrogen) atoms. The standard InChI is InChI=1S/C21H22N8O6/c1-11-24-16(28-35-11)9-22-18-17-14(25-20(26-18)27-21(31)34-4)8-23-29(17)10-13-6-5-12(19(30)33-3)7-15(13)32-2/h5-8H,9-10H2,1-4H3,(H2,22,25,26,27,31). The number of carbonyl (C=O) groups is 2. The number of ether oxygens (including phenoxy) is 3. The van der Waals surface area contributed by atoms with Gasteiger partial charge in [-0.15, -0.1) is 0 Å². The number of fused-ring (bicyclic) bond motifs is 1. The third kappa shape index (κ3) is 5.10. The minimum atomic E-state index is -0.716. The summed E-state index contributed by atoms with van der Waals surface area (Å²) in [4.78, 5) is 36.5. The number of hydrogen-bond acceptors (Lipinski definition) is 12. The minimum absolute atomic E-state index is 0.0238. The summed E-state index contributed by atoms with van der Waals surface area (Å²) in [5, 5.41) is 13.9. The van der Waals surface area contributed by atoms with E-state index < -0.39 is 12.1 Å². The molecule has 182 valence electrons. The predicted octanol–water partition coefficient (Wildman–Crippen LogP) is 2.15. The van der Waals surface area contributed by atoms with Gasteiger partial charge in [0, 0.05) is 12.5 Å². The van der Waals surface area contributed by atoms with Crippen molar-refractivity contribution in [2.24, 2.45) is 0 Å². The SMILES string of the molecule is COC(=O)Nc1nc(NCc2noc(C)n2)c2c(cnn2Cc2ccc(C(=O)OC)cc2OC)n1. The van der Waals surface area contributed by atoms with Crippen LogP contribution in [0.1, 0.15) is 27.6 Å². The summed E-state index contributed by atoms with van der Waals surface area (Å²) in [5.74, 6) is 1.25. The van der Waals surface area contributed by atoms with Crippen molar-refractivity contribution in [1.82, 2.24) is 29.9 Å². The number of carbonyl (C=O) groups excluding carboxylic acids is 2. The van der Waals surface area contributed by atoms with Crippen molar-refractivity contribution in [2.45, 2.75) is 20.0 Å². The summed E-state index contributed by atoms with van der Waals surface area (Å²) < 4.78 is 21.5. The fourth-order valence-electron chi connectivity index (χ4n) is 3.30. The Bertz CT molecular complexity index is 1380. The van der Waals surface area contributed by atoms with E-state index in [1.54, 1.807) is 36.0 Å². The molecule has 0 saturated heterocycles. The molecule has 3 aromatic heterocycles. The van der Waals surface area contributed by atoms with Crippen molar-refractivity contribution >= 4 is 34.9 Å². The van der Waals surface area contributed by atoms with Crippen LogP contribution in [0.4, 0.5) is 16.6 Å². The molecule has 1 amide bonds. The van der Waals surface area contributed by atoms with Gasteiger partial charge in [0.15, 0.2) is 11.6 Å². The first-order chi connectivity index (χ1) is 16.9. The molecule has 14 heteroatoms. The molecule has 4 aromatic rings. The van der Waals surface area contributed by atoms with Gasteiger partial charge in [-0.05, 0) is 12.1 Å². The van der Waals surface area contributed by atoms with Crippen LogP contribution in [-0.4, -0.2) is 63.3 Å². The molecule has 0 spiro atoms. The van der Waals surface area contributed by atoms with Crippen LogP contribution in [-0.2, 0) is 22.6 Å². The van der Waals surface area contributed by atoms with E-state index in [-0.39, 0.29) is 19.0 Å². The molecule has 0 radical (unpaired) electrons. The number of methoxy groups -OCH3 is 3. The highest BCUT2D eigenvalue weighted by Gasteiger charge is 2.18. The third-order valence-electron chi connectivity index (χ3n) is 4.90.